The van der Waals surface area contributed by atoms with Crippen LogP contribution in [0, 0.1) is 0 Å². The first kappa shape index (κ1) is 13.5. The third-order valence-corrected chi connectivity index (χ3v) is 3.57. The normalized spacial score (nSPS) is 10.2. The summed E-state index contributed by atoms with van der Waals surface area (Å²) in [6.07, 6.45) is 3.06. The average Bonchev–Trinajstić information content (AvgIpc) is 2.41. The van der Waals surface area contributed by atoms with Crippen LogP contribution in [0.3, 0.4) is 0 Å². The number of anilines is 1. The highest BCUT2D eigenvalue weighted by atomic mass is 79.9. The number of nitrogen functional groups attached to an aromatic ring is 1. The lowest BCUT2D eigenvalue weighted by Gasteiger charge is -2.18. The molecule has 98 valence electrons. The Hall–Kier alpha value is -1.88. The molecule has 0 aliphatic rings. The molecule has 0 fully saturated rings. The average molecular weight is 320 g/mol. The minimum atomic E-state index is -0.138. The summed E-state index contributed by atoms with van der Waals surface area (Å²) in [6, 6.07) is 9.43. The molecule has 2 rings (SSSR count). The summed E-state index contributed by atoms with van der Waals surface area (Å²) in [4.78, 5) is 17.8. The molecule has 1 amide bonds. The number of pyridine rings is 1. The molecule has 0 bridgehead atoms. The summed E-state index contributed by atoms with van der Waals surface area (Å²) in [6.45, 7) is 0.509. The fraction of sp³-hybridized carbons (Fsp3) is 0.143. The zero-order valence-electron chi connectivity index (χ0n) is 10.5. The fourth-order valence-corrected chi connectivity index (χ4v) is 2.15. The molecule has 0 saturated carbocycles. The van der Waals surface area contributed by atoms with Crippen molar-refractivity contribution in [2.24, 2.45) is 0 Å². The van der Waals surface area contributed by atoms with E-state index in [1.165, 1.54) is 6.20 Å². The van der Waals surface area contributed by atoms with Gasteiger partial charge in [0.2, 0.25) is 0 Å². The van der Waals surface area contributed by atoms with Gasteiger partial charge >= 0.3 is 0 Å². The van der Waals surface area contributed by atoms with E-state index >= 15 is 0 Å². The summed E-state index contributed by atoms with van der Waals surface area (Å²) in [5, 5.41) is 0. The minimum Gasteiger partial charge on any atom is -0.398 e. The first-order valence-corrected chi connectivity index (χ1v) is 6.57. The van der Waals surface area contributed by atoms with Crippen molar-refractivity contribution in [3.05, 3.63) is 58.3 Å². The Morgan fingerprint density at radius 2 is 2.11 bits per heavy atom. The summed E-state index contributed by atoms with van der Waals surface area (Å²) in [7, 11) is 1.74. The molecule has 5 heteroatoms. The molecule has 1 heterocycles. The van der Waals surface area contributed by atoms with Crippen molar-refractivity contribution in [2.45, 2.75) is 6.54 Å². The van der Waals surface area contributed by atoms with Gasteiger partial charge in [-0.15, -0.1) is 0 Å². The Labute approximate surface area is 120 Å². The highest BCUT2D eigenvalue weighted by Crippen LogP contribution is 2.19. The van der Waals surface area contributed by atoms with Gasteiger partial charge in [-0.2, -0.15) is 0 Å². The second-order valence-corrected chi connectivity index (χ2v) is 5.07. The summed E-state index contributed by atoms with van der Waals surface area (Å²) in [5.74, 6) is -0.138. The summed E-state index contributed by atoms with van der Waals surface area (Å²) < 4.78 is 0.980. The Kier molecular flexibility index (Phi) is 4.16. The third-order valence-electron chi connectivity index (χ3n) is 2.80. The highest BCUT2D eigenvalue weighted by molar-refractivity contribution is 9.10. The van der Waals surface area contributed by atoms with Gasteiger partial charge in [-0.3, -0.25) is 9.78 Å². The molecule has 0 aliphatic heterocycles. The monoisotopic (exact) mass is 319 g/mol. The molecule has 0 saturated heterocycles. The standard InChI is InChI=1S/C14H14BrN3O/c1-18(9-10-4-2-3-5-12(10)15)14(19)11-8-17-7-6-13(11)16/h2-8H,9H2,1H3,(H2,16,17). The molecule has 0 unspecified atom stereocenters. The van der Waals surface area contributed by atoms with E-state index in [9.17, 15) is 4.79 Å². The summed E-state index contributed by atoms with van der Waals surface area (Å²) in [5.41, 5.74) is 7.70. The number of benzene rings is 1. The van der Waals surface area contributed by atoms with Gasteiger partial charge in [-0.25, -0.2) is 0 Å². The van der Waals surface area contributed by atoms with Crippen LogP contribution >= 0.6 is 15.9 Å². The molecular weight excluding hydrogens is 306 g/mol. The van der Waals surface area contributed by atoms with Crippen LogP contribution < -0.4 is 5.73 Å². The zero-order valence-corrected chi connectivity index (χ0v) is 12.1. The number of hydrogen-bond donors (Lipinski definition) is 1. The first-order valence-electron chi connectivity index (χ1n) is 5.78. The van der Waals surface area contributed by atoms with E-state index in [0.29, 0.717) is 17.8 Å². The van der Waals surface area contributed by atoms with Crippen LogP contribution in [0.2, 0.25) is 0 Å². The molecule has 0 atom stereocenters. The maximum Gasteiger partial charge on any atom is 0.257 e. The van der Waals surface area contributed by atoms with Crippen LogP contribution in [0.25, 0.3) is 0 Å². The number of hydrogen-bond acceptors (Lipinski definition) is 3. The van der Waals surface area contributed by atoms with Crippen molar-refractivity contribution in [2.75, 3.05) is 12.8 Å². The minimum absolute atomic E-state index is 0.138. The van der Waals surface area contributed by atoms with Crippen molar-refractivity contribution < 1.29 is 4.79 Å². The van der Waals surface area contributed by atoms with Crippen molar-refractivity contribution in [1.29, 1.82) is 0 Å². The molecule has 2 aromatic rings. The van der Waals surface area contributed by atoms with E-state index in [0.717, 1.165) is 10.0 Å². The molecule has 19 heavy (non-hydrogen) atoms. The number of aromatic nitrogens is 1. The molecule has 0 radical (unpaired) electrons. The molecule has 4 nitrogen and oxygen atoms in total. The lowest BCUT2D eigenvalue weighted by molar-refractivity contribution is 0.0785. The molecule has 0 spiro atoms. The number of carbonyl (C=O) groups excluding carboxylic acids is 1. The Morgan fingerprint density at radius 3 is 2.79 bits per heavy atom. The smallest absolute Gasteiger partial charge is 0.257 e. The van der Waals surface area contributed by atoms with Crippen molar-refractivity contribution in [1.82, 2.24) is 9.88 Å². The first-order chi connectivity index (χ1) is 9.09. The molecule has 2 N–H and O–H groups in total. The van der Waals surface area contributed by atoms with Gasteiger partial charge in [-0.05, 0) is 17.7 Å². The predicted octanol–water partition coefficient (Wildman–Crippen LogP) is 2.70. The number of rotatable bonds is 3. The van der Waals surface area contributed by atoms with Crippen molar-refractivity contribution in [3.8, 4) is 0 Å². The highest BCUT2D eigenvalue weighted by Gasteiger charge is 2.15. The van der Waals surface area contributed by atoms with Crippen LogP contribution in [0.4, 0.5) is 5.69 Å². The van der Waals surface area contributed by atoms with Gasteiger partial charge in [0.15, 0.2) is 0 Å². The number of nitrogens with zero attached hydrogens (tertiary/aromatic N) is 2. The predicted molar refractivity (Wildman–Crippen MR) is 78.6 cm³/mol. The van der Waals surface area contributed by atoms with E-state index in [-0.39, 0.29) is 5.91 Å². The van der Waals surface area contributed by atoms with Crippen LogP contribution in [-0.4, -0.2) is 22.8 Å². The Morgan fingerprint density at radius 1 is 1.37 bits per heavy atom. The van der Waals surface area contributed by atoms with E-state index in [1.54, 1.807) is 24.2 Å². The zero-order chi connectivity index (χ0) is 13.8. The SMILES string of the molecule is CN(Cc1ccccc1Br)C(=O)c1cnccc1N. The molecule has 1 aromatic carbocycles. The number of halogens is 1. The third kappa shape index (κ3) is 3.12. The van der Waals surface area contributed by atoms with Gasteiger partial charge in [0.1, 0.15) is 0 Å². The topological polar surface area (TPSA) is 59.2 Å². The van der Waals surface area contributed by atoms with Gasteiger partial charge in [0.25, 0.3) is 5.91 Å². The van der Waals surface area contributed by atoms with Gasteiger partial charge in [0.05, 0.1) is 5.56 Å². The molecular formula is C14H14BrN3O. The fourth-order valence-electron chi connectivity index (χ4n) is 1.74. The summed E-state index contributed by atoms with van der Waals surface area (Å²) >= 11 is 3.47. The molecule has 0 aliphatic carbocycles. The Balaban J connectivity index is 2.17. The van der Waals surface area contributed by atoms with Crippen LogP contribution in [0.5, 0.6) is 0 Å². The number of carbonyl (C=O) groups is 1. The van der Waals surface area contributed by atoms with E-state index < -0.39 is 0 Å². The van der Waals surface area contributed by atoms with Crippen LogP contribution in [0.15, 0.2) is 47.2 Å². The lowest BCUT2D eigenvalue weighted by atomic mass is 10.2. The maximum atomic E-state index is 12.3. The number of amides is 1. The quantitative estimate of drug-likeness (QED) is 0.946. The van der Waals surface area contributed by atoms with E-state index in [2.05, 4.69) is 20.9 Å². The second kappa shape index (κ2) is 5.84. The second-order valence-electron chi connectivity index (χ2n) is 4.22. The van der Waals surface area contributed by atoms with Gasteiger partial charge in [-0.1, -0.05) is 34.1 Å². The van der Waals surface area contributed by atoms with Gasteiger partial charge in [0, 0.05) is 36.1 Å². The van der Waals surface area contributed by atoms with Gasteiger partial charge < -0.3 is 10.6 Å². The largest absolute Gasteiger partial charge is 0.398 e. The van der Waals surface area contributed by atoms with Crippen molar-refractivity contribution in [3.63, 3.8) is 0 Å². The van der Waals surface area contributed by atoms with Crippen LogP contribution in [0.1, 0.15) is 15.9 Å². The number of nitrogens with two attached hydrogens (primary N) is 1. The van der Waals surface area contributed by atoms with Crippen LogP contribution in [-0.2, 0) is 6.54 Å². The van der Waals surface area contributed by atoms with E-state index in [4.69, 9.17) is 5.73 Å². The van der Waals surface area contributed by atoms with E-state index in [1.807, 2.05) is 24.3 Å². The van der Waals surface area contributed by atoms with Crippen molar-refractivity contribution >= 4 is 27.5 Å². The Bertz CT molecular complexity index is 601. The maximum absolute atomic E-state index is 12.3. The molecule has 1 aromatic heterocycles. The lowest BCUT2D eigenvalue weighted by Crippen LogP contribution is -2.27.